The zero-order valence-corrected chi connectivity index (χ0v) is 17.5. The molecule has 3 rings (SSSR count). The van der Waals surface area contributed by atoms with Gasteiger partial charge in [0.25, 0.3) is 0 Å². The summed E-state index contributed by atoms with van der Waals surface area (Å²) in [5.41, 5.74) is 4.49. The number of rotatable bonds is 9. The number of alkyl carbamates (subject to hydrolysis) is 1. The van der Waals surface area contributed by atoms with E-state index in [4.69, 9.17) is 14.6 Å². The molecule has 0 saturated heterocycles. The number of hydrogen-bond donors (Lipinski definition) is 3. The van der Waals surface area contributed by atoms with Crippen LogP contribution in [0.2, 0.25) is 0 Å². The second-order valence-corrected chi connectivity index (χ2v) is 7.45. The van der Waals surface area contributed by atoms with E-state index in [1.165, 1.54) is 6.92 Å². The van der Waals surface area contributed by atoms with Crippen LogP contribution in [0.1, 0.15) is 37.3 Å². The van der Waals surface area contributed by atoms with Gasteiger partial charge in [0.15, 0.2) is 0 Å². The van der Waals surface area contributed by atoms with E-state index in [0.29, 0.717) is 0 Å². The predicted octanol–water partition coefficient (Wildman–Crippen LogP) is 2.87. The van der Waals surface area contributed by atoms with Gasteiger partial charge >= 0.3 is 12.1 Å². The molecular weight excluding hydrogens is 400 g/mol. The smallest absolute Gasteiger partial charge is 0.407 e. The van der Waals surface area contributed by atoms with E-state index in [-0.39, 0.29) is 25.7 Å². The van der Waals surface area contributed by atoms with Gasteiger partial charge in [0.05, 0.1) is 12.5 Å². The van der Waals surface area contributed by atoms with Crippen LogP contribution in [0.15, 0.2) is 48.5 Å². The number of amides is 2. The van der Waals surface area contributed by atoms with Crippen molar-refractivity contribution >= 4 is 18.0 Å². The van der Waals surface area contributed by atoms with Gasteiger partial charge in [0.1, 0.15) is 19.4 Å². The third kappa shape index (κ3) is 5.61. The zero-order chi connectivity index (χ0) is 22.4. The molecule has 0 saturated carbocycles. The Morgan fingerprint density at radius 2 is 1.58 bits per heavy atom. The van der Waals surface area contributed by atoms with Crippen molar-refractivity contribution in [1.82, 2.24) is 10.6 Å². The van der Waals surface area contributed by atoms with E-state index < -0.39 is 30.1 Å². The second-order valence-electron chi connectivity index (χ2n) is 7.45. The normalized spacial score (nSPS) is 14.1. The van der Waals surface area contributed by atoms with E-state index in [0.717, 1.165) is 22.3 Å². The number of aliphatic carboxylic acids is 1. The fraction of sp³-hybridized carbons (Fsp3) is 0.348. The molecule has 8 heteroatoms. The van der Waals surface area contributed by atoms with Crippen LogP contribution >= 0.6 is 0 Å². The van der Waals surface area contributed by atoms with Crippen LogP contribution in [-0.4, -0.2) is 48.6 Å². The summed E-state index contributed by atoms with van der Waals surface area (Å²) in [7, 11) is 0. The maximum atomic E-state index is 12.2. The molecule has 2 atom stereocenters. The van der Waals surface area contributed by atoms with Crippen LogP contribution < -0.4 is 10.6 Å². The molecule has 2 aromatic rings. The first-order valence-corrected chi connectivity index (χ1v) is 10.1. The predicted molar refractivity (Wildman–Crippen MR) is 113 cm³/mol. The van der Waals surface area contributed by atoms with Gasteiger partial charge in [0.2, 0.25) is 5.91 Å². The van der Waals surface area contributed by atoms with E-state index in [2.05, 4.69) is 22.8 Å². The maximum absolute atomic E-state index is 12.2. The van der Waals surface area contributed by atoms with Gasteiger partial charge < -0.3 is 25.2 Å². The van der Waals surface area contributed by atoms with Gasteiger partial charge in [0, 0.05) is 5.92 Å². The molecule has 31 heavy (non-hydrogen) atoms. The van der Waals surface area contributed by atoms with Crippen LogP contribution in [0.4, 0.5) is 4.79 Å². The lowest BCUT2D eigenvalue weighted by Gasteiger charge is -2.18. The Morgan fingerprint density at radius 3 is 2.16 bits per heavy atom. The molecule has 2 amide bonds. The van der Waals surface area contributed by atoms with Gasteiger partial charge in [-0.05, 0) is 36.1 Å². The Hall–Kier alpha value is -3.39. The van der Waals surface area contributed by atoms with Gasteiger partial charge in [-0.2, -0.15) is 0 Å². The first-order chi connectivity index (χ1) is 14.9. The lowest BCUT2D eigenvalue weighted by atomic mass is 9.98. The van der Waals surface area contributed by atoms with Crippen molar-refractivity contribution in [3.63, 3.8) is 0 Å². The van der Waals surface area contributed by atoms with Gasteiger partial charge in [-0.1, -0.05) is 48.5 Å². The van der Waals surface area contributed by atoms with Crippen LogP contribution in [0.5, 0.6) is 0 Å². The molecule has 0 fully saturated rings. The van der Waals surface area contributed by atoms with E-state index >= 15 is 0 Å². The Morgan fingerprint density at radius 1 is 1.00 bits per heavy atom. The fourth-order valence-electron chi connectivity index (χ4n) is 3.60. The molecule has 0 unspecified atom stereocenters. The number of carboxylic acids is 1. The first kappa shape index (κ1) is 22.3. The second kappa shape index (κ2) is 10.1. The summed E-state index contributed by atoms with van der Waals surface area (Å²) in [5, 5.41) is 13.7. The summed E-state index contributed by atoms with van der Waals surface area (Å²) in [6.07, 6.45) is -1.39. The Balaban J connectivity index is 1.48. The van der Waals surface area contributed by atoms with E-state index in [1.54, 1.807) is 6.92 Å². The minimum atomic E-state index is -0.982. The Kier molecular flexibility index (Phi) is 7.25. The first-order valence-electron chi connectivity index (χ1n) is 10.1. The topological polar surface area (TPSA) is 114 Å². The monoisotopic (exact) mass is 426 g/mol. The molecule has 0 aliphatic heterocycles. The maximum Gasteiger partial charge on any atom is 0.407 e. The van der Waals surface area contributed by atoms with Crippen LogP contribution in [0.25, 0.3) is 11.1 Å². The molecular formula is C23H26N2O6. The highest BCUT2D eigenvalue weighted by Crippen LogP contribution is 2.44. The van der Waals surface area contributed by atoms with Gasteiger partial charge in [-0.3, -0.25) is 9.59 Å². The minimum absolute atomic E-state index is 0.0635. The highest BCUT2D eigenvalue weighted by molar-refractivity contribution is 5.85. The molecule has 2 aromatic carbocycles. The summed E-state index contributed by atoms with van der Waals surface area (Å²) < 4.78 is 10.6. The molecule has 3 N–H and O–H groups in total. The zero-order valence-electron chi connectivity index (χ0n) is 17.5. The average molecular weight is 426 g/mol. The number of carbonyl (C=O) groups excluding carboxylic acids is 2. The quantitative estimate of drug-likeness (QED) is 0.532. The van der Waals surface area contributed by atoms with Crippen molar-refractivity contribution in [2.75, 3.05) is 13.3 Å². The number of ether oxygens (including phenoxy) is 2. The number of fused-ring (bicyclic) bond motifs is 3. The molecule has 0 radical (unpaired) electrons. The van der Waals surface area contributed by atoms with Gasteiger partial charge in [-0.25, -0.2) is 4.79 Å². The van der Waals surface area contributed by atoms with Crippen LogP contribution in [-0.2, 0) is 19.1 Å². The summed E-state index contributed by atoms with van der Waals surface area (Å²) in [6.45, 7) is 3.13. The van der Waals surface area contributed by atoms with Gasteiger partial charge in [-0.15, -0.1) is 0 Å². The summed E-state index contributed by atoms with van der Waals surface area (Å²) in [4.78, 5) is 34.9. The minimum Gasteiger partial charge on any atom is -0.481 e. The number of benzene rings is 2. The molecule has 1 aliphatic carbocycles. The average Bonchev–Trinajstić information content (AvgIpc) is 3.05. The van der Waals surface area contributed by atoms with Crippen LogP contribution in [0.3, 0.4) is 0 Å². The van der Waals surface area contributed by atoms with Crippen LogP contribution in [0, 0.1) is 0 Å². The van der Waals surface area contributed by atoms with Crippen molar-refractivity contribution in [1.29, 1.82) is 0 Å². The van der Waals surface area contributed by atoms with E-state index in [9.17, 15) is 14.4 Å². The number of nitrogens with one attached hydrogen (secondary N) is 2. The highest BCUT2D eigenvalue weighted by atomic mass is 16.5. The molecule has 0 aromatic heterocycles. The summed E-state index contributed by atoms with van der Waals surface area (Å²) in [5.74, 6) is -1.51. The van der Waals surface area contributed by atoms with Crippen molar-refractivity contribution in [3.05, 3.63) is 59.7 Å². The molecule has 1 aliphatic rings. The van der Waals surface area contributed by atoms with Crippen molar-refractivity contribution in [2.45, 2.75) is 38.3 Å². The number of carbonyl (C=O) groups is 3. The summed E-state index contributed by atoms with van der Waals surface area (Å²) >= 11 is 0. The van der Waals surface area contributed by atoms with Crippen molar-refractivity contribution in [2.24, 2.45) is 0 Å². The molecule has 164 valence electrons. The third-order valence-corrected chi connectivity index (χ3v) is 5.15. The Labute approximate surface area is 180 Å². The van der Waals surface area contributed by atoms with Crippen molar-refractivity contribution in [3.8, 4) is 11.1 Å². The molecule has 0 bridgehead atoms. The lowest BCUT2D eigenvalue weighted by Crippen LogP contribution is -2.46. The van der Waals surface area contributed by atoms with Crippen molar-refractivity contribution < 1.29 is 29.0 Å². The third-order valence-electron chi connectivity index (χ3n) is 5.15. The largest absolute Gasteiger partial charge is 0.481 e. The Bertz CT molecular complexity index is 915. The standard InChI is InChI=1S/C23H26N2O6/c1-14(11-21(26)27)31-13-24-22(28)15(2)25-23(29)30-12-20-18-9-5-3-7-16(18)17-8-4-6-10-19(17)20/h3-10,14-15,20H,11-13H2,1-2H3,(H,24,28)(H,25,29)(H,26,27)/t14-,15-/m0/s1. The molecule has 8 nitrogen and oxygen atoms in total. The summed E-state index contributed by atoms with van der Waals surface area (Å²) in [6, 6.07) is 15.2. The SMILES string of the molecule is C[C@H](NC(=O)OCC1c2ccccc2-c2ccccc21)C(=O)NCO[C@@H](C)CC(=O)O. The number of carboxylic acid groups (broad SMARTS) is 1. The van der Waals surface area contributed by atoms with E-state index in [1.807, 2.05) is 36.4 Å². The fourth-order valence-corrected chi connectivity index (χ4v) is 3.60. The molecule has 0 heterocycles. The number of hydrogen-bond acceptors (Lipinski definition) is 5. The molecule has 0 spiro atoms. The lowest BCUT2D eigenvalue weighted by molar-refractivity contribution is -0.140. The highest BCUT2D eigenvalue weighted by Gasteiger charge is 2.29.